The number of phenols is 1. The summed E-state index contributed by atoms with van der Waals surface area (Å²) in [5.74, 6) is 0.137. The van der Waals surface area contributed by atoms with Crippen LogP contribution in [-0.2, 0) is 4.74 Å². The van der Waals surface area contributed by atoms with Crippen LogP contribution in [0.2, 0.25) is 0 Å². The second kappa shape index (κ2) is 3.38. The first-order chi connectivity index (χ1) is 6.70. The Kier molecular flexibility index (Phi) is 2.21. The molecule has 0 atom stereocenters. The molecule has 0 radical (unpaired) electrons. The summed E-state index contributed by atoms with van der Waals surface area (Å²) in [6.45, 7) is 1.78. The van der Waals surface area contributed by atoms with Crippen molar-refractivity contribution in [3.63, 3.8) is 0 Å². The van der Waals surface area contributed by atoms with Crippen molar-refractivity contribution >= 4 is 11.4 Å². The lowest BCUT2D eigenvalue weighted by atomic mass is 10.1. The molecule has 0 aromatic heterocycles. The quantitative estimate of drug-likeness (QED) is 0.540. The summed E-state index contributed by atoms with van der Waals surface area (Å²) < 4.78 is 5.17. The molecule has 2 rings (SSSR count). The van der Waals surface area contributed by atoms with Gasteiger partial charge in [-0.1, -0.05) is 0 Å². The molecule has 1 aliphatic heterocycles. The molecule has 0 aliphatic carbocycles. The lowest BCUT2D eigenvalue weighted by molar-refractivity contribution is 0.0788. The second-order valence-electron chi connectivity index (χ2n) is 3.51. The molecule has 4 heteroatoms. The Labute approximate surface area is 82.9 Å². The molecular formula is C10H14N2O2. The van der Waals surface area contributed by atoms with Crippen LogP contribution < -0.4 is 10.6 Å². The van der Waals surface area contributed by atoms with Crippen LogP contribution in [0.3, 0.4) is 0 Å². The first kappa shape index (κ1) is 9.15. The minimum Gasteiger partial charge on any atom is -0.506 e. The Hall–Kier alpha value is -1.42. The maximum absolute atomic E-state index is 9.25. The summed E-state index contributed by atoms with van der Waals surface area (Å²) in [5.41, 5.74) is 7.05. The van der Waals surface area contributed by atoms with Gasteiger partial charge in [0.05, 0.1) is 11.8 Å². The number of phenolic OH excluding ortho intramolecular Hbond substituents is 1. The molecule has 1 aromatic rings. The number of ether oxygens (including phenoxy) is 1. The molecule has 1 aliphatic rings. The molecule has 0 unspecified atom stereocenters. The van der Waals surface area contributed by atoms with Crippen molar-refractivity contribution < 1.29 is 9.84 Å². The van der Waals surface area contributed by atoms with Gasteiger partial charge in [0.25, 0.3) is 0 Å². The molecule has 0 spiro atoms. The molecule has 3 N–H and O–H groups in total. The van der Waals surface area contributed by atoms with E-state index >= 15 is 0 Å². The number of methoxy groups -OCH3 is 1. The van der Waals surface area contributed by atoms with Gasteiger partial charge in [-0.25, -0.2) is 0 Å². The van der Waals surface area contributed by atoms with Crippen molar-refractivity contribution in [3.05, 3.63) is 18.2 Å². The van der Waals surface area contributed by atoms with E-state index in [4.69, 9.17) is 10.5 Å². The molecule has 1 heterocycles. The van der Waals surface area contributed by atoms with Crippen molar-refractivity contribution in [1.82, 2.24) is 0 Å². The van der Waals surface area contributed by atoms with E-state index in [0.717, 1.165) is 18.8 Å². The Bertz CT molecular complexity index is 335. The average Bonchev–Trinajstić information content (AvgIpc) is 2.09. The van der Waals surface area contributed by atoms with Crippen LogP contribution in [0.25, 0.3) is 0 Å². The molecule has 1 saturated heterocycles. The Morgan fingerprint density at radius 1 is 1.50 bits per heavy atom. The highest BCUT2D eigenvalue weighted by atomic mass is 16.5. The van der Waals surface area contributed by atoms with Gasteiger partial charge in [0, 0.05) is 25.9 Å². The predicted molar refractivity (Wildman–Crippen MR) is 55.5 cm³/mol. The maximum Gasteiger partial charge on any atom is 0.138 e. The molecule has 0 saturated carbocycles. The molecule has 76 valence electrons. The summed E-state index contributed by atoms with van der Waals surface area (Å²) >= 11 is 0. The SMILES string of the molecule is COC1CN(c2ccc(O)c(N)c2)C1. The highest BCUT2D eigenvalue weighted by molar-refractivity contribution is 5.63. The average molecular weight is 194 g/mol. The predicted octanol–water partition coefficient (Wildman–Crippen LogP) is 0.809. The van der Waals surface area contributed by atoms with Crippen LogP contribution in [0.5, 0.6) is 5.75 Å². The minimum atomic E-state index is 0.137. The first-order valence-corrected chi connectivity index (χ1v) is 4.57. The number of nitrogens with two attached hydrogens (primary N) is 1. The fourth-order valence-corrected chi connectivity index (χ4v) is 1.54. The van der Waals surface area contributed by atoms with Gasteiger partial charge < -0.3 is 20.5 Å². The lowest BCUT2D eigenvalue weighted by Gasteiger charge is -2.40. The van der Waals surface area contributed by atoms with Gasteiger partial charge in [-0.3, -0.25) is 0 Å². The van der Waals surface area contributed by atoms with Crippen LogP contribution in [0.15, 0.2) is 18.2 Å². The van der Waals surface area contributed by atoms with E-state index in [9.17, 15) is 5.11 Å². The Morgan fingerprint density at radius 2 is 2.21 bits per heavy atom. The van der Waals surface area contributed by atoms with E-state index in [1.165, 1.54) is 0 Å². The van der Waals surface area contributed by atoms with Gasteiger partial charge in [0.15, 0.2) is 0 Å². The van der Waals surface area contributed by atoms with Gasteiger partial charge in [-0.05, 0) is 18.2 Å². The summed E-state index contributed by atoms with van der Waals surface area (Å²) in [4.78, 5) is 2.16. The zero-order chi connectivity index (χ0) is 10.1. The molecule has 4 nitrogen and oxygen atoms in total. The van der Waals surface area contributed by atoms with Crippen LogP contribution in [0, 0.1) is 0 Å². The highest BCUT2D eigenvalue weighted by Crippen LogP contribution is 2.28. The minimum absolute atomic E-state index is 0.137. The van der Waals surface area contributed by atoms with Gasteiger partial charge in [0.1, 0.15) is 5.75 Å². The standard InChI is InChI=1S/C10H14N2O2/c1-14-8-5-12(6-8)7-2-3-10(13)9(11)4-7/h2-4,8,13H,5-6,11H2,1H3. The number of rotatable bonds is 2. The number of nitrogen functional groups attached to an aromatic ring is 1. The molecule has 1 fully saturated rings. The maximum atomic E-state index is 9.25. The van der Waals surface area contributed by atoms with E-state index < -0.39 is 0 Å². The van der Waals surface area contributed by atoms with Gasteiger partial charge in [0.2, 0.25) is 0 Å². The topological polar surface area (TPSA) is 58.7 Å². The summed E-state index contributed by atoms with van der Waals surface area (Å²) in [7, 11) is 1.72. The van der Waals surface area contributed by atoms with Crippen molar-refractivity contribution in [1.29, 1.82) is 0 Å². The van der Waals surface area contributed by atoms with Gasteiger partial charge >= 0.3 is 0 Å². The number of anilines is 2. The number of benzene rings is 1. The monoisotopic (exact) mass is 194 g/mol. The van der Waals surface area contributed by atoms with Gasteiger partial charge in [-0.15, -0.1) is 0 Å². The number of aromatic hydroxyl groups is 1. The van der Waals surface area contributed by atoms with Crippen molar-refractivity contribution in [2.45, 2.75) is 6.10 Å². The van der Waals surface area contributed by atoms with E-state index in [1.54, 1.807) is 19.2 Å². The van der Waals surface area contributed by atoms with E-state index in [0.29, 0.717) is 11.8 Å². The first-order valence-electron chi connectivity index (χ1n) is 4.57. The molecule has 0 amide bonds. The third-order valence-corrected chi connectivity index (χ3v) is 2.56. The molecule has 1 aromatic carbocycles. The number of hydrogen-bond acceptors (Lipinski definition) is 4. The zero-order valence-corrected chi connectivity index (χ0v) is 8.10. The smallest absolute Gasteiger partial charge is 0.138 e. The zero-order valence-electron chi connectivity index (χ0n) is 8.10. The molecule has 0 bridgehead atoms. The highest BCUT2D eigenvalue weighted by Gasteiger charge is 2.26. The number of hydrogen-bond donors (Lipinski definition) is 2. The third kappa shape index (κ3) is 1.48. The van der Waals surface area contributed by atoms with Crippen molar-refractivity contribution in [2.24, 2.45) is 0 Å². The van der Waals surface area contributed by atoms with Crippen molar-refractivity contribution in [3.8, 4) is 5.75 Å². The van der Waals surface area contributed by atoms with E-state index in [-0.39, 0.29) is 5.75 Å². The van der Waals surface area contributed by atoms with Crippen LogP contribution in [-0.4, -0.2) is 31.4 Å². The Balaban J connectivity index is 2.08. The van der Waals surface area contributed by atoms with E-state index in [1.807, 2.05) is 6.07 Å². The Morgan fingerprint density at radius 3 is 2.79 bits per heavy atom. The van der Waals surface area contributed by atoms with E-state index in [2.05, 4.69) is 4.90 Å². The second-order valence-corrected chi connectivity index (χ2v) is 3.51. The molecular weight excluding hydrogens is 180 g/mol. The van der Waals surface area contributed by atoms with Crippen LogP contribution in [0.1, 0.15) is 0 Å². The lowest BCUT2D eigenvalue weighted by Crippen LogP contribution is -2.51. The van der Waals surface area contributed by atoms with Crippen LogP contribution >= 0.6 is 0 Å². The van der Waals surface area contributed by atoms with Crippen molar-refractivity contribution in [2.75, 3.05) is 30.8 Å². The summed E-state index contributed by atoms with van der Waals surface area (Å²) in [6.07, 6.45) is 0.324. The molecule has 14 heavy (non-hydrogen) atoms. The normalized spacial score (nSPS) is 16.8. The third-order valence-electron chi connectivity index (χ3n) is 2.56. The summed E-state index contributed by atoms with van der Waals surface area (Å²) in [6, 6.07) is 5.25. The summed E-state index contributed by atoms with van der Waals surface area (Å²) in [5, 5.41) is 9.25. The van der Waals surface area contributed by atoms with Gasteiger partial charge in [-0.2, -0.15) is 0 Å². The fourth-order valence-electron chi connectivity index (χ4n) is 1.54. The fraction of sp³-hybridized carbons (Fsp3) is 0.400. The number of nitrogens with zero attached hydrogens (tertiary/aromatic N) is 1. The largest absolute Gasteiger partial charge is 0.506 e. The van der Waals surface area contributed by atoms with Crippen LogP contribution in [0.4, 0.5) is 11.4 Å².